The van der Waals surface area contributed by atoms with Gasteiger partial charge in [0.25, 0.3) is 0 Å². The molecule has 1 unspecified atom stereocenters. The Morgan fingerprint density at radius 2 is 1.84 bits per heavy atom. The molecule has 0 saturated carbocycles. The van der Waals surface area contributed by atoms with Crippen molar-refractivity contribution in [3.05, 3.63) is 68.9 Å². The largest absolute Gasteiger partial charge is 0.469 e. The second kappa shape index (κ2) is 10.8. The first-order valence-electron chi connectivity index (χ1n) is 9.62. The van der Waals surface area contributed by atoms with E-state index >= 15 is 0 Å². The smallest absolute Gasteiger partial charge is 0.307 e. The quantitative estimate of drug-likeness (QED) is 0.478. The molecular formula is C22H23N3O4S2. The Kier molecular flexibility index (Phi) is 7.91. The lowest BCUT2D eigenvalue weighted by atomic mass is 10.0. The summed E-state index contributed by atoms with van der Waals surface area (Å²) in [5.41, 5.74) is 2.46. The predicted octanol–water partition coefficient (Wildman–Crippen LogP) is 3.66. The van der Waals surface area contributed by atoms with Crippen LogP contribution in [-0.2, 0) is 32.0 Å². The molecule has 0 spiro atoms. The van der Waals surface area contributed by atoms with Gasteiger partial charge < -0.3 is 15.4 Å². The fourth-order valence-electron chi connectivity index (χ4n) is 2.89. The zero-order valence-electron chi connectivity index (χ0n) is 17.2. The van der Waals surface area contributed by atoms with E-state index in [0.717, 1.165) is 16.0 Å². The van der Waals surface area contributed by atoms with Crippen molar-refractivity contribution in [2.45, 2.75) is 32.2 Å². The van der Waals surface area contributed by atoms with E-state index in [-0.39, 0.29) is 24.7 Å². The number of carbonyl (C=O) groups is 3. The molecule has 0 radical (unpaired) electrons. The third kappa shape index (κ3) is 7.01. The first-order chi connectivity index (χ1) is 14.9. The Morgan fingerprint density at radius 3 is 2.52 bits per heavy atom. The molecule has 2 aromatic heterocycles. The summed E-state index contributed by atoms with van der Waals surface area (Å²) in [4.78, 5) is 41.8. The number of nitrogens with zero attached hydrogens (tertiary/aromatic N) is 1. The zero-order valence-corrected chi connectivity index (χ0v) is 18.8. The van der Waals surface area contributed by atoms with Crippen LogP contribution in [0.1, 0.15) is 34.2 Å². The number of thiazole rings is 1. The maximum Gasteiger partial charge on any atom is 0.307 e. The van der Waals surface area contributed by atoms with Crippen molar-refractivity contribution in [2.75, 3.05) is 12.4 Å². The minimum absolute atomic E-state index is 0.0341. The lowest BCUT2D eigenvalue weighted by Gasteiger charge is -2.18. The molecule has 0 aliphatic heterocycles. The number of hydrogen-bond acceptors (Lipinski definition) is 7. The van der Waals surface area contributed by atoms with E-state index in [4.69, 9.17) is 4.74 Å². The molecule has 0 aliphatic rings. The maximum atomic E-state index is 12.6. The Hall–Kier alpha value is -3.04. The Morgan fingerprint density at radius 1 is 1.06 bits per heavy atom. The summed E-state index contributed by atoms with van der Waals surface area (Å²) >= 11 is 2.79. The molecule has 2 N–H and O–H groups in total. The molecule has 7 nitrogen and oxygen atoms in total. The van der Waals surface area contributed by atoms with Gasteiger partial charge in [-0.2, -0.15) is 0 Å². The minimum atomic E-state index is -0.496. The van der Waals surface area contributed by atoms with E-state index in [9.17, 15) is 14.4 Å². The van der Waals surface area contributed by atoms with Gasteiger partial charge >= 0.3 is 5.97 Å². The molecule has 2 heterocycles. The van der Waals surface area contributed by atoms with Crippen LogP contribution in [0.25, 0.3) is 0 Å². The average Bonchev–Trinajstić information content (AvgIpc) is 3.40. The molecule has 0 bridgehead atoms. The predicted molar refractivity (Wildman–Crippen MR) is 121 cm³/mol. The lowest BCUT2D eigenvalue weighted by molar-refractivity contribution is -0.141. The number of nitrogens with one attached hydrogen (secondary N) is 2. The van der Waals surface area contributed by atoms with Gasteiger partial charge in [-0.15, -0.1) is 22.7 Å². The third-order valence-electron chi connectivity index (χ3n) is 4.47. The average molecular weight is 458 g/mol. The minimum Gasteiger partial charge on any atom is -0.469 e. The molecule has 0 aliphatic carbocycles. The summed E-state index contributed by atoms with van der Waals surface area (Å²) in [7, 11) is 1.32. The number of hydrogen-bond donors (Lipinski definition) is 2. The molecule has 162 valence electrons. The van der Waals surface area contributed by atoms with Crippen molar-refractivity contribution in [1.82, 2.24) is 10.3 Å². The van der Waals surface area contributed by atoms with Crippen molar-refractivity contribution in [3.8, 4) is 0 Å². The highest BCUT2D eigenvalue weighted by Gasteiger charge is 2.20. The SMILES string of the molecule is COC(=O)CC(NC(=O)Cc1csc(NC(=O)Cc2cccs2)n1)c1ccc(C)cc1. The van der Waals surface area contributed by atoms with Crippen molar-refractivity contribution in [1.29, 1.82) is 0 Å². The van der Waals surface area contributed by atoms with Crippen molar-refractivity contribution < 1.29 is 19.1 Å². The van der Waals surface area contributed by atoms with Gasteiger partial charge in [0.05, 0.1) is 38.1 Å². The Balaban J connectivity index is 1.58. The zero-order chi connectivity index (χ0) is 22.2. The number of anilines is 1. The van der Waals surface area contributed by atoms with Gasteiger partial charge in [-0.25, -0.2) is 4.98 Å². The summed E-state index contributed by atoms with van der Waals surface area (Å²) in [5.74, 6) is -0.822. The fraction of sp³-hybridized carbons (Fsp3) is 0.273. The van der Waals surface area contributed by atoms with E-state index in [0.29, 0.717) is 17.2 Å². The highest BCUT2D eigenvalue weighted by atomic mass is 32.1. The van der Waals surface area contributed by atoms with Crippen LogP contribution in [0, 0.1) is 6.92 Å². The monoisotopic (exact) mass is 457 g/mol. The van der Waals surface area contributed by atoms with E-state index in [1.165, 1.54) is 29.8 Å². The highest BCUT2D eigenvalue weighted by molar-refractivity contribution is 7.14. The molecule has 1 aromatic carbocycles. The van der Waals surface area contributed by atoms with Crippen LogP contribution in [0.5, 0.6) is 0 Å². The molecule has 31 heavy (non-hydrogen) atoms. The van der Waals surface area contributed by atoms with Crippen molar-refractivity contribution in [3.63, 3.8) is 0 Å². The second-order valence-corrected chi connectivity index (χ2v) is 8.83. The van der Waals surface area contributed by atoms with Gasteiger partial charge in [0.15, 0.2) is 5.13 Å². The number of benzene rings is 1. The number of aromatic nitrogens is 1. The van der Waals surface area contributed by atoms with E-state index in [1.807, 2.05) is 48.7 Å². The molecular weight excluding hydrogens is 434 g/mol. The van der Waals surface area contributed by atoms with Gasteiger partial charge in [-0.05, 0) is 23.9 Å². The van der Waals surface area contributed by atoms with Crippen molar-refractivity contribution in [2.24, 2.45) is 0 Å². The van der Waals surface area contributed by atoms with Crippen LogP contribution < -0.4 is 10.6 Å². The van der Waals surface area contributed by atoms with Crippen LogP contribution in [-0.4, -0.2) is 29.9 Å². The fourth-order valence-corrected chi connectivity index (χ4v) is 4.32. The lowest BCUT2D eigenvalue weighted by Crippen LogP contribution is -2.31. The Labute approximate surface area is 188 Å². The van der Waals surface area contributed by atoms with Gasteiger partial charge in [0.1, 0.15) is 0 Å². The topological polar surface area (TPSA) is 97.4 Å². The number of amides is 2. The number of rotatable bonds is 9. The standard InChI is InChI=1S/C22H23N3O4S2/c1-14-5-7-15(8-6-14)18(12-21(28)29-2)24-19(26)10-16-13-31-22(23-16)25-20(27)11-17-4-3-9-30-17/h3-9,13,18H,10-12H2,1-2H3,(H,24,26)(H,23,25,27). The number of thiophene rings is 1. The summed E-state index contributed by atoms with van der Waals surface area (Å²) in [5, 5.41) is 9.76. The maximum absolute atomic E-state index is 12.6. The summed E-state index contributed by atoms with van der Waals surface area (Å²) in [6.07, 6.45) is 0.367. The van der Waals surface area contributed by atoms with Gasteiger partial charge in [-0.1, -0.05) is 35.9 Å². The number of carbonyl (C=O) groups excluding carboxylic acids is 3. The summed E-state index contributed by atoms with van der Waals surface area (Å²) < 4.78 is 4.76. The molecule has 2 amide bonds. The van der Waals surface area contributed by atoms with Crippen LogP contribution in [0.3, 0.4) is 0 Å². The van der Waals surface area contributed by atoms with Gasteiger partial charge in [-0.3, -0.25) is 14.4 Å². The number of ether oxygens (including phenoxy) is 1. The number of methoxy groups -OCH3 is 1. The normalized spacial score (nSPS) is 11.5. The number of aryl methyl sites for hydroxylation is 1. The van der Waals surface area contributed by atoms with E-state index < -0.39 is 12.0 Å². The summed E-state index contributed by atoms with van der Waals surface area (Å²) in [6.45, 7) is 1.97. The van der Waals surface area contributed by atoms with Crippen molar-refractivity contribution >= 4 is 45.6 Å². The Bertz CT molecular complexity index is 1030. The molecule has 0 fully saturated rings. The molecule has 3 aromatic rings. The van der Waals surface area contributed by atoms with Crippen LogP contribution in [0.2, 0.25) is 0 Å². The van der Waals surface area contributed by atoms with Gasteiger partial charge in [0.2, 0.25) is 11.8 Å². The van der Waals surface area contributed by atoms with E-state index in [1.54, 1.807) is 5.38 Å². The third-order valence-corrected chi connectivity index (χ3v) is 6.15. The number of esters is 1. The highest BCUT2D eigenvalue weighted by Crippen LogP contribution is 2.20. The van der Waals surface area contributed by atoms with Gasteiger partial charge in [0, 0.05) is 10.3 Å². The molecule has 9 heteroatoms. The van der Waals surface area contributed by atoms with Crippen LogP contribution in [0.15, 0.2) is 47.2 Å². The molecule has 3 rings (SSSR count). The first kappa shape index (κ1) is 22.6. The first-order valence-corrected chi connectivity index (χ1v) is 11.4. The van der Waals surface area contributed by atoms with Crippen LogP contribution >= 0.6 is 22.7 Å². The molecule has 1 atom stereocenters. The van der Waals surface area contributed by atoms with E-state index in [2.05, 4.69) is 15.6 Å². The molecule has 0 saturated heterocycles. The van der Waals surface area contributed by atoms with Crippen LogP contribution in [0.4, 0.5) is 5.13 Å². The summed E-state index contributed by atoms with van der Waals surface area (Å²) in [6, 6.07) is 10.9. The second-order valence-electron chi connectivity index (χ2n) is 6.94.